The van der Waals surface area contributed by atoms with E-state index in [-0.39, 0.29) is 0 Å². The van der Waals surface area contributed by atoms with Crippen LogP contribution in [0.5, 0.6) is 5.19 Å². The fourth-order valence-corrected chi connectivity index (χ4v) is 6.81. The van der Waals surface area contributed by atoms with Crippen molar-refractivity contribution in [1.82, 2.24) is 24.9 Å². The molecule has 0 saturated carbocycles. The molecule has 0 unspecified atom stereocenters. The van der Waals surface area contributed by atoms with Gasteiger partial charge in [-0.1, -0.05) is 28.6 Å². The van der Waals surface area contributed by atoms with Crippen molar-refractivity contribution in [1.29, 1.82) is 0 Å². The number of rotatable bonds is 6. The second-order valence-electron chi connectivity index (χ2n) is 7.91. The molecule has 2 fully saturated rings. The molecule has 3 aliphatic rings. The summed E-state index contributed by atoms with van der Waals surface area (Å²) in [6.45, 7) is 4.66. The largest absolute Gasteiger partial charge is 0.470 e. The Hall–Kier alpha value is -3.49. The van der Waals surface area contributed by atoms with Crippen LogP contribution in [0.25, 0.3) is 11.5 Å². The molecule has 12 nitrogen and oxygen atoms in total. The summed E-state index contributed by atoms with van der Waals surface area (Å²) in [6, 6.07) is 7.44. The van der Waals surface area contributed by atoms with Crippen LogP contribution in [-0.4, -0.2) is 82.0 Å². The lowest BCUT2D eigenvalue weighted by atomic mass is 10.1. The van der Waals surface area contributed by atoms with Crippen LogP contribution in [0, 0.1) is 0 Å². The zero-order valence-electron chi connectivity index (χ0n) is 18.4. The molecule has 3 aromatic rings. The number of carbonyl (C=O) groups excluding carboxylic acids is 2. The van der Waals surface area contributed by atoms with Gasteiger partial charge in [-0.25, -0.2) is 9.59 Å². The lowest BCUT2D eigenvalue weighted by Gasteiger charge is -2.35. The van der Waals surface area contributed by atoms with Crippen molar-refractivity contribution in [3.63, 3.8) is 0 Å². The first-order valence-corrected chi connectivity index (χ1v) is 13.3. The zero-order valence-corrected chi connectivity index (χ0v) is 20.0. The van der Waals surface area contributed by atoms with Crippen molar-refractivity contribution in [2.24, 2.45) is 4.40 Å². The van der Waals surface area contributed by atoms with E-state index < -0.39 is 22.7 Å². The maximum absolute atomic E-state index is 11.8. The van der Waals surface area contributed by atoms with Crippen LogP contribution in [0.3, 0.4) is 0 Å². The van der Waals surface area contributed by atoms with Gasteiger partial charge in [-0.3, -0.25) is 4.90 Å². The van der Waals surface area contributed by atoms with Gasteiger partial charge in [0.05, 0.1) is 6.61 Å². The van der Waals surface area contributed by atoms with Crippen molar-refractivity contribution in [2.45, 2.75) is 11.3 Å². The molecular formula is C21H20N6O6S2. The van der Waals surface area contributed by atoms with E-state index in [0.717, 1.165) is 44.7 Å². The van der Waals surface area contributed by atoms with E-state index in [0.29, 0.717) is 34.1 Å². The molecular weight excluding hydrogens is 496 g/mol. The van der Waals surface area contributed by atoms with Gasteiger partial charge < -0.3 is 22.5 Å². The van der Waals surface area contributed by atoms with Gasteiger partial charge in [-0.05, 0) is 18.6 Å². The summed E-state index contributed by atoms with van der Waals surface area (Å²) in [4.78, 5) is 37.0. The van der Waals surface area contributed by atoms with E-state index in [1.165, 1.54) is 17.7 Å². The lowest BCUT2D eigenvalue weighted by Crippen LogP contribution is -2.49. The van der Waals surface area contributed by atoms with Gasteiger partial charge in [0.15, 0.2) is 5.84 Å². The van der Waals surface area contributed by atoms with E-state index in [9.17, 15) is 9.59 Å². The molecule has 182 valence electrons. The van der Waals surface area contributed by atoms with E-state index in [1.54, 1.807) is 6.07 Å². The Kier molecular flexibility index (Phi) is 5.62. The van der Waals surface area contributed by atoms with Gasteiger partial charge in [0, 0.05) is 54.4 Å². The van der Waals surface area contributed by atoms with Crippen molar-refractivity contribution < 1.29 is 27.2 Å². The maximum Gasteiger partial charge on any atom is 0.443 e. The molecule has 0 aliphatic carbocycles. The van der Waals surface area contributed by atoms with Crippen molar-refractivity contribution in [2.75, 3.05) is 39.3 Å². The summed E-state index contributed by atoms with van der Waals surface area (Å²) in [6.07, 6.45) is 2.13. The predicted molar refractivity (Wildman–Crippen MR) is 125 cm³/mol. The number of carbonyl (C=O) groups is 2. The number of hydrogen-bond donors (Lipinski definition) is 0. The molecule has 2 saturated heterocycles. The standard InChI is InChI=1S/C21H20N6O6S2/c28-19-20(29)33-35(32-19)16-5-2-1-4-14(16)18(25-35)27-9-7-26(8-10-27)6-3-11-30-21-23-15(12-34-21)17-22-13-31-24-17/h1-2,4-5,12-13H,3,6-11H2. The second kappa shape index (κ2) is 8.94. The van der Waals surface area contributed by atoms with E-state index in [2.05, 4.69) is 29.3 Å². The summed E-state index contributed by atoms with van der Waals surface area (Å²) >= 11 is 1.40. The van der Waals surface area contributed by atoms with Crippen LogP contribution in [-0.2, 0) is 18.0 Å². The normalized spacial score (nSPS) is 19.9. The molecule has 1 aromatic carbocycles. The third-order valence-electron chi connectivity index (χ3n) is 5.75. The third-order valence-corrected chi connectivity index (χ3v) is 8.58. The van der Waals surface area contributed by atoms with E-state index >= 15 is 0 Å². The fraction of sp³-hybridized carbons (Fsp3) is 0.333. The third kappa shape index (κ3) is 4.13. The SMILES string of the molecule is O=C1OS2(N=C(N3CCN(CCCOc4nc(-c5ncon5)cs4)CC3)c3ccccc32)OC1=O. The fourth-order valence-electron chi connectivity index (χ4n) is 4.07. The maximum atomic E-state index is 11.8. The molecule has 6 rings (SSSR count). The Morgan fingerprint density at radius 1 is 1.09 bits per heavy atom. The minimum atomic E-state index is -2.75. The number of nitrogens with zero attached hydrogens (tertiary/aromatic N) is 6. The highest BCUT2D eigenvalue weighted by Gasteiger charge is 2.49. The summed E-state index contributed by atoms with van der Waals surface area (Å²) in [7, 11) is -2.75. The van der Waals surface area contributed by atoms with Gasteiger partial charge in [-0.2, -0.15) is 9.97 Å². The van der Waals surface area contributed by atoms with Gasteiger partial charge in [0.25, 0.3) is 5.19 Å². The molecule has 0 bridgehead atoms. The number of fused-ring (bicyclic) bond motifs is 2. The Morgan fingerprint density at radius 2 is 1.89 bits per heavy atom. The predicted octanol–water partition coefficient (Wildman–Crippen LogP) is 2.05. The first kappa shape index (κ1) is 22.0. The van der Waals surface area contributed by atoms with Crippen LogP contribution in [0.4, 0.5) is 0 Å². The van der Waals surface area contributed by atoms with Crippen molar-refractivity contribution in [3.8, 4) is 16.7 Å². The number of ether oxygens (including phenoxy) is 1. The van der Waals surface area contributed by atoms with Crippen molar-refractivity contribution >= 4 is 39.9 Å². The number of thiazole rings is 1. The summed E-state index contributed by atoms with van der Waals surface area (Å²) in [5.41, 5.74) is 1.48. The van der Waals surface area contributed by atoms with Gasteiger partial charge in [0.2, 0.25) is 12.2 Å². The van der Waals surface area contributed by atoms with Gasteiger partial charge >= 0.3 is 11.9 Å². The highest BCUT2D eigenvalue weighted by molar-refractivity contribution is 8.26. The monoisotopic (exact) mass is 516 g/mol. The highest BCUT2D eigenvalue weighted by atomic mass is 32.3. The molecule has 14 heteroatoms. The Labute approximate surface area is 205 Å². The molecule has 0 atom stereocenters. The average molecular weight is 517 g/mol. The molecule has 0 N–H and O–H groups in total. The number of amidine groups is 1. The molecule has 0 radical (unpaired) electrons. The molecule has 5 heterocycles. The molecule has 3 aliphatic heterocycles. The molecule has 1 spiro atoms. The van der Waals surface area contributed by atoms with Crippen LogP contribution in [0.2, 0.25) is 0 Å². The highest BCUT2D eigenvalue weighted by Crippen LogP contribution is 2.66. The molecule has 0 amide bonds. The quantitative estimate of drug-likeness (QED) is 0.352. The number of benzene rings is 1. The van der Waals surface area contributed by atoms with E-state index in [1.807, 2.05) is 23.6 Å². The average Bonchev–Trinajstić information content (AvgIpc) is 3.66. The van der Waals surface area contributed by atoms with Gasteiger partial charge in [0.1, 0.15) is 10.6 Å². The van der Waals surface area contributed by atoms with E-state index in [4.69, 9.17) is 17.6 Å². The number of hydrogen-bond acceptors (Lipinski definition) is 13. The summed E-state index contributed by atoms with van der Waals surface area (Å²) in [5, 5.41) is 6.19. The second-order valence-corrected chi connectivity index (χ2v) is 10.6. The topological polar surface area (TPSA) is 132 Å². The Bertz CT molecular complexity index is 1270. The van der Waals surface area contributed by atoms with Crippen LogP contribution < -0.4 is 4.74 Å². The Morgan fingerprint density at radius 3 is 2.66 bits per heavy atom. The molecule has 2 aromatic heterocycles. The van der Waals surface area contributed by atoms with Crippen molar-refractivity contribution in [3.05, 3.63) is 41.6 Å². The minimum absolute atomic E-state index is 0.445. The number of piperazine rings is 1. The smallest absolute Gasteiger partial charge is 0.443 e. The van der Waals surface area contributed by atoms with Gasteiger partial charge in [-0.15, -0.1) is 4.40 Å². The lowest BCUT2D eigenvalue weighted by molar-refractivity contribution is -0.150. The first-order valence-electron chi connectivity index (χ1n) is 10.9. The molecule has 35 heavy (non-hydrogen) atoms. The van der Waals surface area contributed by atoms with Crippen LogP contribution in [0.1, 0.15) is 12.0 Å². The minimum Gasteiger partial charge on any atom is -0.470 e. The summed E-state index contributed by atoms with van der Waals surface area (Å²) < 4.78 is 25.8. The summed E-state index contributed by atoms with van der Waals surface area (Å²) in [5.74, 6) is -0.825. The first-order chi connectivity index (χ1) is 17.1. The zero-order chi connectivity index (χ0) is 23.8. The Balaban J connectivity index is 1.02. The number of aromatic nitrogens is 3. The van der Waals surface area contributed by atoms with Crippen LogP contribution in [0.15, 0.2) is 49.9 Å². The van der Waals surface area contributed by atoms with Crippen LogP contribution >= 0.6 is 22.1 Å².